The molecule has 0 aliphatic rings. The Balaban J connectivity index is 1.46. The van der Waals surface area contributed by atoms with Gasteiger partial charge in [-0.15, -0.1) is 0 Å². The largest absolute Gasteiger partial charge is 0.496 e. The van der Waals surface area contributed by atoms with Gasteiger partial charge in [-0.2, -0.15) is 5.10 Å². The Kier molecular flexibility index (Phi) is 8.77. The van der Waals surface area contributed by atoms with Gasteiger partial charge in [-0.1, -0.05) is 53.5 Å². The van der Waals surface area contributed by atoms with Crippen LogP contribution in [0.1, 0.15) is 33.6 Å². The van der Waals surface area contributed by atoms with E-state index in [2.05, 4.69) is 10.4 Å². The number of aromatic nitrogens is 2. The molecule has 0 unspecified atom stereocenters. The third-order valence-corrected chi connectivity index (χ3v) is 6.92. The van der Waals surface area contributed by atoms with Gasteiger partial charge in [0.25, 0.3) is 0 Å². The van der Waals surface area contributed by atoms with Crippen LogP contribution in [0.15, 0.2) is 66.7 Å². The van der Waals surface area contributed by atoms with Crippen LogP contribution in [0, 0.1) is 20.8 Å². The summed E-state index contributed by atoms with van der Waals surface area (Å²) in [7, 11) is 1.63. The molecular formula is C30H29Cl2N3O3. The third kappa shape index (κ3) is 6.39. The summed E-state index contributed by atoms with van der Waals surface area (Å²) in [6.07, 6.45) is 3.25. The van der Waals surface area contributed by atoms with Crippen molar-refractivity contribution in [2.45, 2.75) is 33.9 Å². The zero-order chi connectivity index (χ0) is 27.2. The number of hydrogen-bond acceptors (Lipinski definition) is 4. The quantitative estimate of drug-likeness (QED) is 0.221. The molecule has 0 aliphatic heterocycles. The van der Waals surface area contributed by atoms with Crippen molar-refractivity contribution in [1.29, 1.82) is 0 Å². The van der Waals surface area contributed by atoms with E-state index in [0.717, 1.165) is 39.4 Å². The summed E-state index contributed by atoms with van der Waals surface area (Å²) in [6.45, 7) is 6.49. The SMILES string of the molecule is COc1ccc(/C=C/C(=O)Nc2c(C)nn(Cc3c(Cl)cccc3Cl)c2C)cc1COc1ccccc1C. The van der Waals surface area contributed by atoms with Crippen molar-refractivity contribution in [1.82, 2.24) is 9.78 Å². The fourth-order valence-corrected chi connectivity index (χ4v) is 4.61. The van der Waals surface area contributed by atoms with Gasteiger partial charge >= 0.3 is 0 Å². The molecule has 0 radical (unpaired) electrons. The molecule has 1 aromatic heterocycles. The van der Waals surface area contributed by atoms with E-state index in [9.17, 15) is 4.79 Å². The van der Waals surface area contributed by atoms with E-state index in [1.54, 1.807) is 36.1 Å². The Bertz CT molecular complexity index is 1470. The molecule has 0 saturated heterocycles. The van der Waals surface area contributed by atoms with E-state index in [1.807, 2.05) is 63.2 Å². The molecular weight excluding hydrogens is 521 g/mol. The third-order valence-electron chi connectivity index (χ3n) is 6.21. The lowest BCUT2D eigenvalue weighted by Gasteiger charge is -2.12. The fourth-order valence-electron chi connectivity index (χ4n) is 4.09. The maximum absolute atomic E-state index is 12.8. The van der Waals surface area contributed by atoms with Crippen molar-refractivity contribution < 1.29 is 14.3 Å². The Labute approximate surface area is 232 Å². The van der Waals surface area contributed by atoms with Gasteiger partial charge in [0.2, 0.25) is 5.91 Å². The smallest absolute Gasteiger partial charge is 0.248 e. The number of para-hydroxylation sites is 1. The number of hydrogen-bond donors (Lipinski definition) is 1. The topological polar surface area (TPSA) is 65.4 Å². The summed E-state index contributed by atoms with van der Waals surface area (Å²) in [4.78, 5) is 12.8. The summed E-state index contributed by atoms with van der Waals surface area (Å²) in [5.74, 6) is 1.27. The van der Waals surface area contributed by atoms with Crippen molar-refractivity contribution in [3.63, 3.8) is 0 Å². The highest BCUT2D eigenvalue weighted by Crippen LogP contribution is 2.28. The standard InChI is InChI=1S/C30H29Cl2N3O3/c1-19-8-5-6-11-27(19)38-18-23-16-22(12-14-28(23)37-4)13-15-29(36)33-30-20(2)34-35(21(30)3)17-24-25(31)9-7-10-26(24)32/h5-16H,17-18H2,1-4H3,(H,33,36)/b15-13+. The monoisotopic (exact) mass is 549 g/mol. The van der Waals surface area contributed by atoms with Gasteiger partial charge in [0, 0.05) is 27.2 Å². The van der Waals surface area contributed by atoms with E-state index in [-0.39, 0.29) is 5.91 Å². The number of methoxy groups -OCH3 is 1. The molecule has 4 aromatic rings. The van der Waals surface area contributed by atoms with Crippen molar-refractivity contribution in [2.75, 3.05) is 12.4 Å². The minimum atomic E-state index is -0.264. The van der Waals surface area contributed by atoms with Gasteiger partial charge in [0.15, 0.2) is 0 Å². The Morgan fingerprint density at radius 1 is 1.00 bits per heavy atom. The molecule has 0 saturated carbocycles. The van der Waals surface area contributed by atoms with Crippen LogP contribution in [-0.4, -0.2) is 22.8 Å². The van der Waals surface area contributed by atoms with E-state index in [0.29, 0.717) is 34.6 Å². The first-order valence-corrected chi connectivity index (χ1v) is 12.8. The molecule has 0 fully saturated rings. The second-order valence-corrected chi connectivity index (χ2v) is 9.67. The summed E-state index contributed by atoms with van der Waals surface area (Å²) in [6, 6.07) is 18.9. The van der Waals surface area contributed by atoms with Crippen LogP contribution in [-0.2, 0) is 17.9 Å². The first kappa shape index (κ1) is 27.3. The molecule has 4 rings (SSSR count). The molecule has 0 spiro atoms. The number of rotatable bonds is 9. The minimum Gasteiger partial charge on any atom is -0.496 e. The van der Waals surface area contributed by atoms with Crippen LogP contribution in [0.3, 0.4) is 0 Å². The van der Waals surface area contributed by atoms with Crippen LogP contribution < -0.4 is 14.8 Å². The van der Waals surface area contributed by atoms with Crippen LogP contribution >= 0.6 is 23.2 Å². The van der Waals surface area contributed by atoms with Crippen LogP contribution in [0.25, 0.3) is 6.08 Å². The molecule has 38 heavy (non-hydrogen) atoms. The van der Waals surface area contributed by atoms with E-state index >= 15 is 0 Å². The lowest BCUT2D eigenvalue weighted by molar-refractivity contribution is -0.111. The predicted molar refractivity (Wildman–Crippen MR) is 153 cm³/mol. The lowest BCUT2D eigenvalue weighted by Crippen LogP contribution is -2.10. The zero-order valence-electron chi connectivity index (χ0n) is 21.7. The zero-order valence-corrected chi connectivity index (χ0v) is 23.2. The maximum atomic E-state index is 12.8. The summed E-state index contributed by atoms with van der Waals surface area (Å²) < 4.78 is 13.3. The van der Waals surface area contributed by atoms with Gasteiger partial charge in [-0.25, -0.2) is 0 Å². The molecule has 1 amide bonds. The molecule has 0 bridgehead atoms. The van der Waals surface area contributed by atoms with Crippen molar-refractivity contribution in [2.24, 2.45) is 0 Å². The predicted octanol–water partition coefficient (Wildman–Crippen LogP) is 7.40. The highest BCUT2D eigenvalue weighted by molar-refractivity contribution is 6.36. The number of carbonyl (C=O) groups excluding carboxylic acids is 1. The van der Waals surface area contributed by atoms with E-state index in [4.69, 9.17) is 32.7 Å². The number of halogens is 2. The molecule has 1 N–H and O–H groups in total. The highest BCUT2D eigenvalue weighted by Gasteiger charge is 2.16. The summed E-state index contributed by atoms with van der Waals surface area (Å²) in [5, 5.41) is 8.67. The number of amides is 1. The van der Waals surface area contributed by atoms with Gasteiger partial charge < -0.3 is 14.8 Å². The summed E-state index contributed by atoms with van der Waals surface area (Å²) >= 11 is 12.7. The van der Waals surface area contributed by atoms with Gasteiger partial charge in [-0.3, -0.25) is 9.48 Å². The maximum Gasteiger partial charge on any atom is 0.248 e. The van der Waals surface area contributed by atoms with Gasteiger partial charge in [0.1, 0.15) is 18.1 Å². The molecule has 3 aromatic carbocycles. The Hall–Kier alpha value is -3.74. The van der Waals surface area contributed by atoms with Crippen LogP contribution in [0.4, 0.5) is 5.69 Å². The average Bonchev–Trinajstić information content (AvgIpc) is 3.16. The number of ether oxygens (including phenoxy) is 2. The number of aryl methyl sites for hydroxylation is 2. The van der Waals surface area contributed by atoms with Crippen molar-refractivity contribution >= 4 is 40.9 Å². The van der Waals surface area contributed by atoms with E-state index < -0.39 is 0 Å². The molecule has 196 valence electrons. The Morgan fingerprint density at radius 2 is 1.74 bits per heavy atom. The van der Waals surface area contributed by atoms with Crippen LogP contribution in [0.2, 0.25) is 10.0 Å². The van der Waals surface area contributed by atoms with Crippen LogP contribution in [0.5, 0.6) is 11.5 Å². The first-order valence-electron chi connectivity index (χ1n) is 12.1. The Morgan fingerprint density at radius 3 is 2.45 bits per heavy atom. The number of nitrogens with one attached hydrogen (secondary N) is 1. The van der Waals surface area contributed by atoms with Crippen molar-refractivity contribution in [3.05, 3.63) is 110 Å². The van der Waals surface area contributed by atoms with Gasteiger partial charge in [-0.05, 0) is 68.3 Å². The van der Waals surface area contributed by atoms with Crippen molar-refractivity contribution in [3.8, 4) is 11.5 Å². The lowest BCUT2D eigenvalue weighted by atomic mass is 10.1. The second-order valence-electron chi connectivity index (χ2n) is 8.85. The molecule has 0 atom stereocenters. The molecule has 6 nitrogen and oxygen atoms in total. The molecule has 8 heteroatoms. The number of anilines is 1. The second kappa shape index (κ2) is 12.2. The first-order chi connectivity index (χ1) is 18.3. The fraction of sp³-hybridized carbons (Fsp3) is 0.200. The molecule has 0 aliphatic carbocycles. The minimum absolute atomic E-state index is 0.264. The highest BCUT2D eigenvalue weighted by atomic mass is 35.5. The number of carbonyl (C=O) groups is 1. The van der Waals surface area contributed by atoms with Gasteiger partial charge in [0.05, 0.1) is 30.7 Å². The average molecular weight is 550 g/mol. The number of benzene rings is 3. The number of nitrogens with zero attached hydrogens (tertiary/aromatic N) is 2. The van der Waals surface area contributed by atoms with E-state index in [1.165, 1.54) is 6.08 Å². The normalized spacial score (nSPS) is 11.1. The molecule has 1 heterocycles. The summed E-state index contributed by atoms with van der Waals surface area (Å²) in [5.41, 5.74) is 5.73.